The Morgan fingerprint density at radius 2 is 1.86 bits per heavy atom. The second-order valence-corrected chi connectivity index (χ2v) is 9.28. The number of nitrogens with zero attached hydrogens (tertiary/aromatic N) is 4. The highest BCUT2D eigenvalue weighted by molar-refractivity contribution is 5.98. The van der Waals surface area contributed by atoms with Gasteiger partial charge in [-0.25, -0.2) is 4.98 Å². The third-order valence-electron chi connectivity index (χ3n) is 6.24. The van der Waals surface area contributed by atoms with Gasteiger partial charge in [-0.1, -0.05) is 18.2 Å². The SMILES string of the molecule is NC(=O)[C@@H](CCCN=C(N)N)n1c(-c2cccc(OC(F)(F)F)c2)nc2cc(C(=O)NCCc3ccccn3)ccc21. The Bertz CT molecular complexity index is 1580. The van der Waals surface area contributed by atoms with Gasteiger partial charge in [0.05, 0.1) is 11.0 Å². The fourth-order valence-electron chi connectivity index (χ4n) is 4.43. The van der Waals surface area contributed by atoms with Crippen LogP contribution in [0.15, 0.2) is 71.9 Å². The highest BCUT2D eigenvalue weighted by atomic mass is 19.4. The van der Waals surface area contributed by atoms with Gasteiger partial charge in [0.25, 0.3) is 5.91 Å². The number of imidazole rings is 1. The fraction of sp³-hybridized carbons (Fsp3) is 0.250. The number of aliphatic imine (C=N–C) groups is 1. The van der Waals surface area contributed by atoms with Crippen molar-refractivity contribution in [3.8, 4) is 17.1 Å². The number of benzene rings is 2. The van der Waals surface area contributed by atoms with Gasteiger partial charge >= 0.3 is 6.36 Å². The number of fused-ring (bicyclic) bond motifs is 1. The maximum atomic E-state index is 12.9. The second-order valence-electron chi connectivity index (χ2n) is 9.28. The summed E-state index contributed by atoms with van der Waals surface area (Å²) in [5.41, 5.74) is 18.7. The number of guanidine groups is 1. The first-order valence-corrected chi connectivity index (χ1v) is 12.9. The summed E-state index contributed by atoms with van der Waals surface area (Å²) in [5, 5.41) is 2.84. The molecule has 7 N–H and O–H groups in total. The van der Waals surface area contributed by atoms with Gasteiger partial charge in [0, 0.05) is 42.5 Å². The Morgan fingerprint density at radius 1 is 1.05 bits per heavy atom. The summed E-state index contributed by atoms with van der Waals surface area (Å²) in [6, 6.07) is 14.5. The van der Waals surface area contributed by atoms with Gasteiger partial charge in [0.15, 0.2) is 5.96 Å². The Labute approximate surface area is 238 Å². The molecule has 0 fully saturated rings. The Morgan fingerprint density at radius 3 is 2.55 bits per heavy atom. The van der Waals surface area contributed by atoms with Crippen LogP contribution in [-0.4, -0.2) is 51.8 Å². The van der Waals surface area contributed by atoms with E-state index >= 15 is 0 Å². The van der Waals surface area contributed by atoms with Crippen molar-refractivity contribution in [1.82, 2.24) is 19.9 Å². The maximum Gasteiger partial charge on any atom is 0.573 e. The first kappa shape index (κ1) is 29.8. The van der Waals surface area contributed by atoms with E-state index in [1.54, 1.807) is 35.0 Å². The monoisotopic (exact) mass is 582 g/mol. The molecule has 42 heavy (non-hydrogen) atoms. The van der Waals surface area contributed by atoms with Crippen molar-refractivity contribution in [3.05, 3.63) is 78.1 Å². The van der Waals surface area contributed by atoms with Crippen molar-refractivity contribution in [3.63, 3.8) is 0 Å². The zero-order chi connectivity index (χ0) is 30.3. The number of nitrogens with one attached hydrogen (secondary N) is 1. The van der Waals surface area contributed by atoms with Crippen LogP contribution in [0.1, 0.15) is 34.9 Å². The lowest BCUT2D eigenvalue weighted by atomic mass is 10.1. The molecule has 2 aromatic carbocycles. The number of ether oxygens (including phenoxy) is 1. The number of carbonyl (C=O) groups excluding carboxylic acids is 2. The molecule has 0 spiro atoms. The second kappa shape index (κ2) is 13.0. The molecule has 0 saturated heterocycles. The number of halogens is 3. The number of rotatable bonds is 12. The van der Waals surface area contributed by atoms with Gasteiger partial charge in [-0.2, -0.15) is 0 Å². The lowest BCUT2D eigenvalue weighted by Gasteiger charge is -2.19. The van der Waals surface area contributed by atoms with Crippen molar-refractivity contribution in [2.45, 2.75) is 31.7 Å². The lowest BCUT2D eigenvalue weighted by Crippen LogP contribution is -2.28. The third kappa shape index (κ3) is 7.74. The van der Waals surface area contributed by atoms with Gasteiger partial charge < -0.3 is 31.8 Å². The van der Waals surface area contributed by atoms with Gasteiger partial charge in [0.2, 0.25) is 5.91 Å². The molecular weight excluding hydrogens is 553 g/mol. The number of pyridine rings is 1. The van der Waals surface area contributed by atoms with E-state index < -0.39 is 24.1 Å². The molecule has 0 bridgehead atoms. The summed E-state index contributed by atoms with van der Waals surface area (Å²) < 4.78 is 44.4. The number of carbonyl (C=O) groups is 2. The van der Waals surface area contributed by atoms with Crippen molar-refractivity contribution in [2.75, 3.05) is 13.1 Å². The van der Waals surface area contributed by atoms with Crippen LogP contribution in [0.25, 0.3) is 22.4 Å². The van der Waals surface area contributed by atoms with E-state index in [9.17, 15) is 22.8 Å². The molecule has 0 aliphatic carbocycles. The summed E-state index contributed by atoms with van der Waals surface area (Å²) >= 11 is 0. The number of hydrogen-bond donors (Lipinski definition) is 4. The first-order valence-electron chi connectivity index (χ1n) is 12.9. The summed E-state index contributed by atoms with van der Waals surface area (Å²) in [7, 11) is 0. The Balaban J connectivity index is 1.70. The normalized spacial score (nSPS) is 12.1. The van der Waals surface area contributed by atoms with Crippen LogP contribution in [-0.2, 0) is 11.2 Å². The molecule has 0 saturated carbocycles. The van der Waals surface area contributed by atoms with Crippen molar-refractivity contribution in [2.24, 2.45) is 22.2 Å². The molecular formula is C28H29F3N8O3. The van der Waals surface area contributed by atoms with Crippen LogP contribution in [0.4, 0.5) is 13.2 Å². The molecule has 4 rings (SSSR count). The number of nitrogens with two attached hydrogens (primary N) is 3. The Hall–Kier alpha value is -5.14. The molecule has 2 heterocycles. The lowest BCUT2D eigenvalue weighted by molar-refractivity contribution is -0.274. The minimum absolute atomic E-state index is 0.105. The van der Waals surface area contributed by atoms with Gasteiger partial charge in [-0.3, -0.25) is 19.6 Å². The molecule has 4 aromatic rings. The average Bonchev–Trinajstić information content (AvgIpc) is 3.31. The highest BCUT2D eigenvalue weighted by Crippen LogP contribution is 2.33. The molecule has 11 nitrogen and oxygen atoms in total. The van der Waals surface area contributed by atoms with E-state index in [1.165, 1.54) is 12.1 Å². The number of amides is 2. The molecule has 1 atom stereocenters. The quantitative estimate of drug-likeness (QED) is 0.113. The van der Waals surface area contributed by atoms with E-state index in [4.69, 9.17) is 17.2 Å². The van der Waals surface area contributed by atoms with Crippen molar-refractivity contribution in [1.29, 1.82) is 0 Å². The van der Waals surface area contributed by atoms with E-state index in [2.05, 4.69) is 25.0 Å². The van der Waals surface area contributed by atoms with Crippen molar-refractivity contribution < 1.29 is 27.5 Å². The van der Waals surface area contributed by atoms with Crippen LogP contribution < -0.4 is 27.3 Å². The van der Waals surface area contributed by atoms with E-state index in [-0.39, 0.29) is 36.2 Å². The molecule has 2 aromatic heterocycles. The summed E-state index contributed by atoms with van der Waals surface area (Å²) in [6.45, 7) is 0.574. The molecule has 2 amide bonds. The number of aromatic nitrogens is 3. The highest BCUT2D eigenvalue weighted by Gasteiger charge is 2.31. The minimum Gasteiger partial charge on any atom is -0.406 e. The topological polar surface area (TPSA) is 177 Å². The number of alkyl halides is 3. The molecule has 0 unspecified atom stereocenters. The third-order valence-corrected chi connectivity index (χ3v) is 6.24. The van der Waals surface area contributed by atoms with E-state index in [0.29, 0.717) is 36.0 Å². The summed E-state index contributed by atoms with van der Waals surface area (Å²) in [5.74, 6) is -1.45. The number of hydrogen-bond acceptors (Lipinski definition) is 6. The standard InChI is InChI=1S/C28H29F3N8O3/c29-28(30,31)42-20-7-3-5-17(15-20)25-38-21-16-18(26(41)36-14-11-19-6-1-2-12-35-19)9-10-22(21)39(25)23(24(32)40)8-4-13-37-27(33)34/h1-3,5-7,9-10,12,15-16,23H,4,8,11,13-14H2,(H2,32,40)(H,36,41)(H4,33,34,37)/t23-/m1/s1. The number of primary amides is 1. The smallest absolute Gasteiger partial charge is 0.406 e. The summed E-state index contributed by atoms with van der Waals surface area (Å²) in [4.78, 5) is 38.3. The van der Waals surface area contributed by atoms with E-state index in [0.717, 1.165) is 17.8 Å². The zero-order valence-corrected chi connectivity index (χ0v) is 22.3. The Kier molecular flexibility index (Phi) is 9.25. The maximum absolute atomic E-state index is 12.9. The van der Waals surface area contributed by atoms with E-state index in [1.807, 2.05) is 12.1 Å². The molecule has 0 aliphatic rings. The zero-order valence-electron chi connectivity index (χ0n) is 22.3. The molecule has 0 aliphatic heterocycles. The fourth-order valence-corrected chi connectivity index (χ4v) is 4.43. The summed E-state index contributed by atoms with van der Waals surface area (Å²) in [6.07, 6.45) is -2.12. The molecule has 0 radical (unpaired) electrons. The minimum atomic E-state index is -4.90. The predicted octanol–water partition coefficient (Wildman–Crippen LogP) is 3.05. The van der Waals surface area contributed by atoms with Gasteiger partial charge in [0.1, 0.15) is 17.6 Å². The predicted molar refractivity (Wildman–Crippen MR) is 150 cm³/mol. The van der Waals surface area contributed by atoms with Crippen LogP contribution >= 0.6 is 0 Å². The van der Waals surface area contributed by atoms with Crippen molar-refractivity contribution >= 4 is 28.8 Å². The average molecular weight is 583 g/mol. The van der Waals surface area contributed by atoms with Crippen LogP contribution in [0.5, 0.6) is 5.75 Å². The van der Waals surface area contributed by atoms with Gasteiger partial charge in [-0.15, -0.1) is 13.2 Å². The molecule has 14 heteroatoms. The van der Waals surface area contributed by atoms with Crippen LogP contribution in [0.2, 0.25) is 0 Å². The first-order chi connectivity index (χ1) is 20.0. The van der Waals surface area contributed by atoms with Crippen LogP contribution in [0.3, 0.4) is 0 Å². The van der Waals surface area contributed by atoms with Gasteiger partial charge in [-0.05, 0) is 55.3 Å². The largest absolute Gasteiger partial charge is 0.573 e. The van der Waals surface area contributed by atoms with Crippen LogP contribution in [0, 0.1) is 0 Å². The molecule has 220 valence electrons.